The lowest BCUT2D eigenvalue weighted by molar-refractivity contribution is -0.181. The molecule has 1 aliphatic heterocycles. The zero-order valence-corrected chi connectivity index (χ0v) is 13.6. The third-order valence-corrected chi connectivity index (χ3v) is 4.10. The smallest absolute Gasteiger partial charge is 0.186 e. The topological polar surface area (TPSA) is 99.4 Å². The second kappa shape index (κ2) is 11.3. The van der Waals surface area contributed by atoms with E-state index < -0.39 is 37.3 Å². The summed E-state index contributed by atoms with van der Waals surface area (Å²) in [6.45, 7) is 2.13. The van der Waals surface area contributed by atoms with Crippen molar-refractivity contribution in [2.75, 3.05) is 13.2 Å². The van der Waals surface area contributed by atoms with Gasteiger partial charge in [0.2, 0.25) is 0 Å². The number of unbranched alkanes of at least 4 members (excludes halogenated alkanes) is 7. The second-order valence-corrected chi connectivity index (χ2v) is 6.05. The molecule has 0 aliphatic carbocycles. The Kier molecular flexibility index (Phi) is 10.2. The van der Waals surface area contributed by atoms with E-state index in [9.17, 15) is 15.3 Å². The number of ether oxygens (including phenoxy) is 2. The molecule has 5 atom stereocenters. The Morgan fingerprint density at radius 1 is 0.955 bits per heavy atom. The van der Waals surface area contributed by atoms with Gasteiger partial charge in [-0.1, -0.05) is 51.9 Å². The highest BCUT2D eigenvalue weighted by molar-refractivity contribution is 4.90. The Morgan fingerprint density at radius 2 is 1.55 bits per heavy atom. The van der Waals surface area contributed by atoms with Crippen LogP contribution in [0.15, 0.2) is 0 Å². The minimum absolute atomic E-state index is 0.450. The molecule has 0 aromatic heterocycles. The molecule has 0 unspecified atom stereocenters. The average Bonchev–Trinajstić information content (AvgIpc) is 2.81. The number of hydrogen-bond acceptors (Lipinski definition) is 6. The van der Waals surface area contributed by atoms with Crippen LogP contribution in [0.2, 0.25) is 0 Å². The second-order valence-electron chi connectivity index (χ2n) is 6.05. The number of hydrogen-bond donors (Lipinski definition) is 4. The van der Waals surface area contributed by atoms with E-state index >= 15 is 0 Å². The molecular formula is C16H32O6. The van der Waals surface area contributed by atoms with Crippen molar-refractivity contribution in [3.05, 3.63) is 0 Å². The zero-order chi connectivity index (χ0) is 16.4. The molecule has 1 fully saturated rings. The highest BCUT2D eigenvalue weighted by Crippen LogP contribution is 2.24. The van der Waals surface area contributed by atoms with Crippen LogP contribution >= 0.6 is 0 Å². The third kappa shape index (κ3) is 6.48. The first-order chi connectivity index (χ1) is 10.6. The van der Waals surface area contributed by atoms with Crippen molar-refractivity contribution >= 4 is 0 Å². The van der Waals surface area contributed by atoms with Crippen LogP contribution in [-0.4, -0.2) is 64.3 Å². The summed E-state index contributed by atoms with van der Waals surface area (Å²) in [6.07, 6.45) is 3.92. The van der Waals surface area contributed by atoms with Gasteiger partial charge in [-0.25, -0.2) is 0 Å². The Labute approximate surface area is 133 Å². The van der Waals surface area contributed by atoms with Gasteiger partial charge >= 0.3 is 0 Å². The van der Waals surface area contributed by atoms with E-state index in [1.807, 2.05) is 0 Å². The summed E-state index contributed by atoms with van der Waals surface area (Å²) < 4.78 is 10.7. The average molecular weight is 320 g/mol. The van der Waals surface area contributed by atoms with Crippen LogP contribution in [0.3, 0.4) is 0 Å². The van der Waals surface area contributed by atoms with Crippen LogP contribution in [0.1, 0.15) is 58.3 Å². The highest BCUT2D eigenvalue weighted by atomic mass is 16.7. The Bertz CT molecular complexity index is 275. The van der Waals surface area contributed by atoms with E-state index in [0.717, 1.165) is 12.8 Å². The molecule has 132 valence electrons. The summed E-state index contributed by atoms with van der Waals surface area (Å²) in [5, 5.41) is 37.9. The van der Waals surface area contributed by atoms with Gasteiger partial charge in [-0.15, -0.1) is 0 Å². The molecule has 1 rings (SSSR count). The minimum Gasteiger partial charge on any atom is -0.394 e. The first-order valence-corrected chi connectivity index (χ1v) is 8.54. The van der Waals surface area contributed by atoms with Gasteiger partial charge in [-0.2, -0.15) is 0 Å². The molecule has 22 heavy (non-hydrogen) atoms. The molecule has 0 amide bonds. The summed E-state index contributed by atoms with van der Waals surface area (Å²) in [5.41, 5.74) is 0. The lowest BCUT2D eigenvalue weighted by Gasteiger charge is -2.18. The molecule has 0 aromatic carbocycles. The lowest BCUT2D eigenvalue weighted by Crippen LogP contribution is -2.40. The Morgan fingerprint density at radius 3 is 2.14 bits per heavy atom. The van der Waals surface area contributed by atoms with E-state index in [-0.39, 0.29) is 0 Å². The van der Waals surface area contributed by atoms with Gasteiger partial charge in [-0.05, 0) is 6.42 Å². The number of aliphatic hydroxyl groups excluding tert-OH is 4. The molecule has 0 bridgehead atoms. The molecule has 1 saturated heterocycles. The van der Waals surface area contributed by atoms with Crippen molar-refractivity contribution in [2.45, 2.75) is 89.0 Å². The van der Waals surface area contributed by atoms with Crippen molar-refractivity contribution in [1.29, 1.82) is 0 Å². The molecule has 0 radical (unpaired) electrons. The van der Waals surface area contributed by atoms with Gasteiger partial charge < -0.3 is 29.9 Å². The van der Waals surface area contributed by atoms with Gasteiger partial charge in [0.1, 0.15) is 24.4 Å². The first-order valence-electron chi connectivity index (χ1n) is 8.54. The quantitative estimate of drug-likeness (QED) is 0.400. The van der Waals surface area contributed by atoms with E-state index in [1.54, 1.807) is 0 Å². The summed E-state index contributed by atoms with van der Waals surface area (Å²) in [6, 6.07) is 0. The van der Waals surface area contributed by atoms with E-state index in [2.05, 4.69) is 6.92 Å². The van der Waals surface area contributed by atoms with Crippen LogP contribution in [0.5, 0.6) is 0 Å². The molecule has 6 nitrogen and oxygen atoms in total. The molecule has 6 heteroatoms. The predicted octanol–water partition coefficient (Wildman–Crippen LogP) is 0.944. The molecule has 0 spiro atoms. The van der Waals surface area contributed by atoms with E-state index in [0.29, 0.717) is 6.61 Å². The fourth-order valence-corrected chi connectivity index (χ4v) is 2.67. The maximum atomic E-state index is 9.80. The molecule has 0 saturated carbocycles. The van der Waals surface area contributed by atoms with E-state index in [1.165, 1.54) is 38.5 Å². The monoisotopic (exact) mass is 320 g/mol. The summed E-state index contributed by atoms with van der Waals surface area (Å²) in [5.74, 6) is 0. The number of aliphatic hydroxyl groups is 4. The maximum absolute atomic E-state index is 9.80. The standard InChI is InChI=1S/C16H32O6/c1-2-3-4-5-6-7-8-9-10-21-16-14(20)13(19)15(22-16)12(18)11-17/h12-20H,2-11H2,1H3/t12-,13-,14-,15-,16+/m1/s1. The Balaban J connectivity index is 2.07. The molecule has 0 aromatic rings. The fraction of sp³-hybridized carbons (Fsp3) is 1.00. The van der Waals surface area contributed by atoms with Gasteiger partial charge in [0.15, 0.2) is 6.29 Å². The van der Waals surface area contributed by atoms with Crippen molar-refractivity contribution in [3.8, 4) is 0 Å². The van der Waals surface area contributed by atoms with Gasteiger partial charge in [0.05, 0.1) is 6.61 Å². The minimum atomic E-state index is -1.24. The van der Waals surface area contributed by atoms with Gasteiger partial charge in [0.25, 0.3) is 0 Å². The number of rotatable bonds is 12. The lowest BCUT2D eigenvalue weighted by atomic mass is 10.1. The van der Waals surface area contributed by atoms with E-state index in [4.69, 9.17) is 14.6 Å². The SMILES string of the molecule is CCCCCCCCCCO[C@H]1O[C@H]([C@H](O)CO)[C@H](O)[C@H]1O. The highest BCUT2D eigenvalue weighted by Gasteiger charge is 2.46. The Hall–Kier alpha value is -0.240. The normalized spacial score (nSPS) is 29.9. The van der Waals surface area contributed by atoms with Crippen molar-refractivity contribution in [2.24, 2.45) is 0 Å². The molecule has 1 heterocycles. The van der Waals surface area contributed by atoms with Crippen LogP contribution in [-0.2, 0) is 9.47 Å². The van der Waals surface area contributed by atoms with Crippen LogP contribution in [0, 0.1) is 0 Å². The van der Waals surface area contributed by atoms with Crippen LogP contribution in [0.25, 0.3) is 0 Å². The zero-order valence-electron chi connectivity index (χ0n) is 13.6. The molecule has 4 N–H and O–H groups in total. The van der Waals surface area contributed by atoms with Crippen molar-refractivity contribution < 1.29 is 29.9 Å². The van der Waals surface area contributed by atoms with Crippen LogP contribution in [0.4, 0.5) is 0 Å². The van der Waals surface area contributed by atoms with Crippen LogP contribution < -0.4 is 0 Å². The fourth-order valence-electron chi connectivity index (χ4n) is 2.67. The predicted molar refractivity (Wildman–Crippen MR) is 82.3 cm³/mol. The maximum Gasteiger partial charge on any atom is 0.186 e. The van der Waals surface area contributed by atoms with Crippen molar-refractivity contribution in [1.82, 2.24) is 0 Å². The molecular weight excluding hydrogens is 288 g/mol. The third-order valence-electron chi connectivity index (χ3n) is 4.10. The van der Waals surface area contributed by atoms with Gasteiger partial charge in [0, 0.05) is 6.61 Å². The van der Waals surface area contributed by atoms with Crippen molar-refractivity contribution in [3.63, 3.8) is 0 Å². The summed E-state index contributed by atoms with van der Waals surface area (Å²) in [4.78, 5) is 0. The largest absolute Gasteiger partial charge is 0.394 e. The first kappa shape index (κ1) is 19.8. The molecule has 1 aliphatic rings. The summed E-state index contributed by atoms with van der Waals surface area (Å²) in [7, 11) is 0. The van der Waals surface area contributed by atoms with Gasteiger partial charge in [-0.3, -0.25) is 0 Å². The summed E-state index contributed by atoms with van der Waals surface area (Å²) >= 11 is 0.